The predicted molar refractivity (Wildman–Crippen MR) is 70.8 cm³/mol. The van der Waals surface area contributed by atoms with Crippen molar-refractivity contribution in [1.82, 2.24) is 4.31 Å². The van der Waals surface area contributed by atoms with E-state index in [0.717, 1.165) is 16.6 Å². The molecule has 0 bridgehead atoms. The lowest BCUT2D eigenvalue weighted by atomic mass is 10.1. The first-order valence-corrected chi connectivity index (χ1v) is 8.37. The lowest BCUT2D eigenvalue weighted by molar-refractivity contribution is 0.0605. The zero-order chi connectivity index (χ0) is 12.5. The molecular weight excluding hydrogens is 326 g/mol. The largest absolute Gasteiger partial charge is 0.381 e. The molecule has 0 aromatic carbocycles. The molecule has 2 heterocycles. The van der Waals surface area contributed by atoms with E-state index in [9.17, 15) is 8.42 Å². The Morgan fingerprint density at radius 1 is 1.41 bits per heavy atom. The molecule has 1 aliphatic heterocycles. The second-order valence-corrected chi connectivity index (χ2v) is 8.53. The second-order valence-electron chi connectivity index (χ2n) is 3.90. The van der Waals surface area contributed by atoms with E-state index in [0.29, 0.717) is 17.3 Å². The minimum atomic E-state index is -3.31. The molecule has 0 unspecified atom stereocenters. The Hall–Kier alpha value is 0.0500. The highest BCUT2D eigenvalue weighted by atomic mass is 79.9. The fraction of sp³-hybridized carbons (Fsp3) is 0.600. The summed E-state index contributed by atoms with van der Waals surface area (Å²) in [4.78, 5) is 0. The highest BCUT2D eigenvalue weighted by Gasteiger charge is 2.30. The molecule has 7 heteroatoms. The van der Waals surface area contributed by atoms with Crippen LogP contribution in [0.2, 0.25) is 0 Å². The van der Waals surface area contributed by atoms with E-state index in [-0.39, 0.29) is 6.10 Å². The molecule has 4 nitrogen and oxygen atoms in total. The van der Waals surface area contributed by atoms with Crippen molar-refractivity contribution in [2.75, 3.05) is 20.2 Å². The first kappa shape index (κ1) is 13.5. The van der Waals surface area contributed by atoms with Crippen LogP contribution in [0.1, 0.15) is 12.8 Å². The average molecular weight is 340 g/mol. The van der Waals surface area contributed by atoms with Crippen molar-refractivity contribution in [2.24, 2.45) is 0 Å². The molecule has 0 atom stereocenters. The molecule has 0 N–H and O–H groups in total. The first-order valence-electron chi connectivity index (χ1n) is 5.32. The molecule has 1 aliphatic rings. The molecule has 2 rings (SSSR count). The summed E-state index contributed by atoms with van der Waals surface area (Å²) in [5, 5.41) is 0. The smallest absolute Gasteiger partial charge is 0.252 e. The van der Waals surface area contributed by atoms with Gasteiger partial charge in [-0.2, -0.15) is 4.31 Å². The van der Waals surface area contributed by atoms with Gasteiger partial charge in [-0.05, 0) is 40.9 Å². The quantitative estimate of drug-likeness (QED) is 0.848. The molecule has 0 saturated carbocycles. The van der Waals surface area contributed by atoms with E-state index in [4.69, 9.17) is 4.74 Å². The maximum absolute atomic E-state index is 12.3. The second kappa shape index (κ2) is 5.36. The molecule has 96 valence electrons. The minimum Gasteiger partial charge on any atom is -0.381 e. The third kappa shape index (κ3) is 2.90. The Morgan fingerprint density at radius 2 is 2.06 bits per heavy atom. The fourth-order valence-corrected chi connectivity index (χ4v) is 5.51. The van der Waals surface area contributed by atoms with Gasteiger partial charge in [-0.15, -0.1) is 11.3 Å². The summed E-state index contributed by atoms with van der Waals surface area (Å²) in [6.07, 6.45) is 1.72. The molecular formula is C10H14BrNO3S2. The van der Waals surface area contributed by atoms with Crippen molar-refractivity contribution in [2.45, 2.75) is 23.2 Å². The zero-order valence-electron chi connectivity index (χ0n) is 9.43. The molecule has 0 amide bonds. The normalized spacial score (nSPS) is 19.6. The maximum atomic E-state index is 12.3. The third-order valence-electron chi connectivity index (χ3n) is 2.88. The monoisotopic (exact) mass is 339 g/mol. The van der Waals surface area contributed by atoms with Crippen LogP contribution in [0.25, 0.3) is 0 Å². The van der Waals surface area contributed by atoms with Crippen LogP contribution in [0.3, 0.4) is 0 Å². The molecule has 1 fully saturated rings. The van der Waals surface area contributed by atoms with Gasteiger partial charge in [0.25, 0.3) is 10.0 Å². The van der Waals surface area contributed by atoms with Gasteiger partial charge in [0.05, 0.1) is 9.89 Å². The topological polar surface area (TPSA) is 46.6 Å². The molecule has 17 heavy (non-hydrogen) atoms. The van der Waals surface area contributed by atoms with E-state index in [1.54, 1.807) is 23.5 Å². The number of hydrogen-bond acceptors (Lipinski definition) is 4. The van der Waals surface area contributed by atoms with Crippen LogP contribution < -0.4 is 0 Å². The van der Waals surface area contributed by atoms with E-state index < -0.39 is 10.0 Å². The van der Waals surface area contributed by atoms with Crippen LogP contribution >= 0.6 is 27.3 Å². The summed E-state index contributed by atoms with van der Waals surface area (Å²) in [6, 6.07) is 3.41. The van der Waals surface area contributed by atoms with Gasteiger partial charge in [0.2, 0.25) is 0 Å². The van der Waals surface area contributed by atoms with Crippen molar-refractivity contribution < 1.29 is 13.2 Å². The minimum absolute atomic E-state index is 0.191. The molecule has 1 aromatic heterocycles. The van der Waals surface area contributed by atoms with Crippen molar-refractivity contribution in [1.29, 1.82) is 0 Å². The summed E-state index contributed by atoms with van der Waals surface area (Å²) in [7, 11) is -1.63. The number of hydrogen-bond donors (Lipinski definition) is 0. The van der Waals surface area contributed by atoms with Crippen molar-refractivity contribution in [3.8, 4) is 0 Å². The molecule has 1 aromatic rings. The summed E-state index contributed by atoms with van der Waals surface area (Å²) in [5.74, 6) is 0. The lowest BCUT2D eigenvalue weighted by Gasteiger charge is -2.29. The summed E-state index contributed by atoms with van der Waals surface area (Å²) in [5.41, 5.74) is 0. The van der Waals surface area contributed by atoms with Crippen LogP contribution in [-0.4, -0.2) is 39.0 Å². The fourth-order valence-electron chi connectivity index (χ4n) is 1.87. The maximum Gasteiger partial charge on any atom is 0.252 e. The van der Waals surface area contributed by atoms with Gasteiger partial charge in [-0.3, -0.25) is 0 Å². The standard InChI is InChI=1S/C10H14BrNO3S2/c1-15-8-4-6-12(7-5-8)17(13,14)10-3-2-9(11)16-10/h2-3,8H,4-7H2,1H3. The van der Waals surface area contributed by atoms with Crippen LogP contribution in [0.4, 0.5) is 0 Å². The summed E-state index contributed by atoms with van der Waals surface area (Å²) < 4.78 is 32.6. The number of nitrogens with zero attached hydrogens (tertiary/aromatic N) is 1. The number of rotatable bonds is 3. The highest BCUT2D eigenvalue weighted by molar-refractivity contribution is 9.11. The molecule has 0 radical (unpaired) electrons. The number of piperidine rings is 1. The number of ether oxygens (including phenoxy) is 1. The zero-order valence-corrected chi connectivity index (χ0v) is 12.6. The van der Waals surface area contributed by atoms with E-state index in [2.05, 4.69) is 15.9 Å². The van der Waals surface area contributed by atoms with Crippen molar-refractivity contribution in [3.05, 3.63) is 15.9 Å². The van der Waals surface area contributed by atoms with Gasteiger partial charge >= 0.3 is 0 Å². The van der Waals surface area contributed by atoms with Crippen LogP contribution in [0, 0.1) is 0 Å². The Labute approximate surface area is 114 Å². The molecule has 0 spiro atoms. The Morgan fingerprint density at radius 3 is 2.53 bits per heavy atom. The van der Waals surface area contributed by atoms with Crippen LogP contribution in [-0.2, 0) is 14.8 Å². The van der Waals surface area contributed by atoms with Crippen molar-refractivity contribution >= 4 is 37.3 Å². The van der Waals surface area contributed by atoms with Gasteiger partial charge in [0.15, 0.2) is 0 Å². The number of halogens is 1. The number of sulfonamides is 1. The summed E-state index contributed by atoms with van der Waals surface area (Å²) in [6.45, 7) is 1.08. The first-order chi connectivity index (χ1) is 8.04. The third-order valence-corrected chi connectivity index (χ3v) is 6.87. The summed E-state index contributed by atoms with van der Waals surface area (Å²) >= 11 is 4.54. The number of methoxy groups -OCH3 is 1. The Kier molecular flexibility index (Phi) is 4.25. The number of thiophene rings is 1. The van der Waals surface area contributed by atoms with E-state index in [1.807, 2.05) is 0 Å². The Balaban J connectivity index is 2.12. The Bertz CT molecular complexity index is 477. The van der Waals surface area contributed by atoms with Gasteiger partial charge in [0, 0.05) is 20.2 Å². The van der Waals surface area contributed by atoms with Crippen molar-refractivity contribution in [3.63, 3.8) is 0 Å². The molecule has 1 saturated heterocycles. The highest BCUT2D eigenvalue weighted by Crippen LogP contribution is 2.30. The van der Waals surface area contributed by atoms with E-state index in [1.165, 1.54) is 11.3 Å². The average Bonchev–Trinajstić information content (AvgIpc) is 2.77. The predicted octanol–water partition coefficient (Wildman–Crippen LogP) is 2.31. The molecule has 0 aliphatic carbocycles. The van der Waals surface area contributed by atoms with Crippen LogP contribution in [0.15, 0.2) is 20.1 Å². The van der Waals surface area contributed by atoms with Gasteiger partial charge in [0.1, 0.15) is 4.21 Å². The van der Waals surface area contributed by atoms with Crippen LogP contribution in [0.5, 0.6) is 0 Å². The SMILES string of the molecule is COC1CCN(S(=O)(=O)c2ccc(Br)s2)CC1. The lowest BCUT2D eigenvalue weighted by Crippen LogP contribution is -2.40. The van der Waals surface area contributed by atoms with Gasteiger partial charge in [-0.25, -0.2) is 8.42 Å². The van der Waals surface area contributed by atoms with Gasteiger partial charge in [-0.1, -0.05) is 0 Å². The van der Waals surface area contributed by atoms with Gasteiger partial charge < -0.3 is 4.74 Å². The van der Waals surface area contributed by atoms with E-state index >= 15 is 0 Å².